The molecule has 1 amide bonds. The van der Waals surface area contributed by atoms with Crippen LogP contribution in [0, 0.1) is 11.8 Å². The second-order valence-electron chi connectivity index (χ2n) is 3.43. The number of Topliss-reactive ketones (excluding diaryl/α,β-unsaturated/α-hetero) is 1. The highest BCUT2D eigenvalue weighted by Crippen LogP contribution is 2.18. The zero-order chi connectivity index (χ0) is 13.5. The first-order valence-electron chi connectivity index (χ1n) is 5.19. The number of ether oxygens (including phenoxy) is 1. The molecular formula is C13H13NO4. The van der Waals surface area contributed by atoms with Gasteiger partial charge in [-0.15, -0.1) is 0 Å². The van der Waals surface area contributed by atoms with E-state index in [1.807, 2.05) is 0 Å². The molecule has 0 fully saturated rings. The van der Waals surface area contributed by atoms with Gasteiger partial charge in [-0.25, -0.2) is 4.79 Å². The van der Waals surface area contributed by atoms with Gasteiger partial charge in [0.1, 0.15) is 5.75 Å². The highest BCUT2D eigenvalue weighted by Gasteiger charge is 2.04. The number of carbonyl (C=O) groups is 2. The summed E-state index contributed by atoms with van der Waals surface area (Å²) in [5, 5.41) is 10.5. The lowest BCUT2D eigenvalue weighted by Crippen LogP contribution is -2.20. The zero-order valence-corrected chi connectivity index (χ0v) is 10.1. The van der Waals surface area contributed by atoms with Gasteiger partial charge in [-0.1, -0.05) is 11.8 Å². The molecule has 1 aromatic carbocycles. The summed E-state index contributed by atoms with van der Waals surface area (Å²) in [4.78, 5) is 21.5. The van der Waals surface area contributed by atoms with E-state index in [0.29, 0.717) is 16.9 Å². The van der Waals surface area contributed by atoms with Crippen LogP contribution in [0.5, 0.6) is 5.75 Å². The van der Waals surface area contributed by atoms with Crippen LogP contribution >= 0.6 is 0 Å². The third-order valence-electron chi connectivity index (χ3n) is 2.16. The molecule has 0 saturated carbocycles. The van der Waals surface area contributed by atoms with Crippen LogP contribution in [0.4, 0.5) is 4.79 Å². The topological polar surface area (TPSA) is 75.6 Å². The van der Waals surface area contributed by atoms with Crippen molar-refractivity contribution in [3.63, 3.8) is 0 Å². The van der Waals surface area contributed by atoms with Gasteiger partial charge in [0, 0.05) is 5.56 Å². The largest absolute Gasteiger partial charge is 0.495 e. The van der Waals surface area contributed by atoms with Gasteiger partial charge in [-0.3, -0.25) is 4.79 Å². The third-order valence-corrected chi connectivity index (χ3v) is 2.16. The molecule has 0 atom stereocenters. The Balaban J connectivity index is 2.94. The fourth-order valence-corrected chi connectivity index (χ4v) is 1.28. The van der Waals surface area contributed by atoms with Crippen LogP contribution in [0.2, 0.25) is 0 Å². The minimum Gasteiger partial charge on any atom is -0.495 e. The molecule has 0 aliphatic rings. The fourth-order valence-electron chi connectivity index (χ4n) is 1.28. The lowest BCUT2D eigenvalue weighted by atomic mass is 10.1. The van der Waals surface area contributed by atoms with Gasteiger partial charge in [-0.05, 0) is 25.1 Å². The van der Waals surface area contributed by atoms with Crippen molar-refractivity contribution in [1.29, 1.82) is 0 Å². The van der Waals surface area contributed by atoms with Crippen LogP contribution in [-0.2, 0) is 0 Å². The van der Waals surface area contributed by atoms with Crippen molar-refractivity contribution >= 4 is 11.9 Å². The molecule has 0 saturated heterocycles. The van der Waals surface area contributed by atoms with Gasteiger partial charge >= 0.3 is 6.09 Å². The first kappa shape index (κ1) is 13.6. The van der Waals surface area contributed by atoms with E-state index in [0.717, 1.165) is 0 Å². The summed E-state index contributed by atoms with van der Waals surface area (Å²) in [6.45, 7) is 1.48. The minimum atomic E-state index is -1.13. The maximum absolute atomic E-state index is 11.2. The van der Waals surface area contributed by atoms with E-state index in [1.54, 1.807) is 18.2 Å². The Labute approximate surface area is 105 Å². The Morgan fingerprint density at radius 1 is 1.44 bits per heavy atom. The summed E-state index contributed by atoms with van der Waals surface area (Å²) >= 11 is 0. The lowest BCUT2D eigenvalue weighted by Gasteiger charge is -2.04. The normalized spacial score (nSPS) is 9.00. The monoisotopic (exact) mass is 247 g/mol. The molecule has 0 spiro atoms. The van der Waals surface area contributed by atoms with Crippen LogP contribution < -0.4 is 10.1 Å². The summed E-state index contributed by atoms with van der Waals surface area (Å²) in [5.41, 5.74) is 1.09. The summed E-state index contributed by atoms with van der Waals surface area (Å²) in [6.07, 6.45) is -1.13. The van der Waals surface area contributed by atoms with E-state index in [4.69, 9.17) is 9.84 Å². The van der Waals surface area contributed by atoms with Crippen molar-refractivity contribution < 1.29 is 19.4 Å². The number of carboxylic acid groups (broad SMARTS) is 1. The molecule has 0 aromatic heterocycles. The van der Waals surface area contributed by atoms with Gasteiger partial charge < -0.3 is 15.2 Å². The number of ketones is 1. The maximum atomic E-state index is 11.2. The SMILES string of the molecule is COc1ccc(C(C)=O)cc1C#CCNC(=O)O. The molecule has 1 rings (SSSR count). The quantitative estimate of drug-likeness (QED) is 0.627. The highest BCUT2D eigenvalue weighted by molar-refractivity contribution is 5.94. The number of hydrogen-bond acceptors (Lipinski definition) is 3. The molecule has 18 heavy (non-hydrogen) atoms. The van der Waals surface area contributed by atoms with E-state index in [1.165, 1.54) is 14.0 Å². The maximum Gasteiger partial charge on any atom is 0.405 e. The second kappa shape index (κ2) is 6.30. The smallest absolute Gasteiger partial charge is 0.405 e. The number of hydrogen-bond donors (Lipinski definition) is 2. The fraction of sp³-hybridized carbons (Fsp3) is 0.231. The Bertz CT molecular complexity index is 526. The summed E-state index contributed by atoms with van der Waals surface area (Å²) in [6, 6.07) is 4.93. The number of methoxy groups -OCH3 is 1. The van der Waals surface area contributed by atoms with E-state index in [-0.39, 0.29) is 12.3 Å². The Kier molecular flexibility index (Phi) is 4.76. The average Bonchev–Trinajstić information content (AvgIpc) is 2.34. The molecule has 2 N–H and O–H groups in total. The van der Waals surface area contributed by atoms with Crippen LogP contribution in [0.25, 0.3) is 0 Å². The number of benzene rings is 1. The molecule has 0 heterocycles. The number of amides is 1. The molecule has 5 nitrogen and oxygen atoms in total. The predicted octanol–water partition coefficient (Wildman–Crippen LogP) is 1.52. The highest BCUT2D eigenvalue weighted by atomic mass is 16.5. The van der Waals surface area contributed by atoms with Crippen molar-refractivity contribution in [2.45, 2.75) is 6.92 Å². The molecule has 1 aromatic rings. The van der Waals surface area contributed by atoms with E-state index in [2.05, 4.69) is 17.2 Å². The van der Waals surface area contributed by atoms with Crippen molar-refractivity contribution in [3.05, 3.63) is 29.3 Å². The molecule has 0 radical (unpaired) electrons. The first-order chi connectivity index (χ1) is 8.54. The van der Waals surface area contributed by atoms with Gasteiger partial charge in [0.2, 0.25) is 0 Å². The Hall–Kier alpha value is -2.48. The molecule has 5 heteroatoms. The van der Waals surface area contributed by atoms with Crippen LogP contribution in [0.1, 0.15) is 22.8 Å². The van der Waals surface area contributed by atoms with Crippen molar-refractivity contribution in [3.8, 4) is 17.6 Å². The van der Waals surface area contributed by atoms with Crippen molar-refractivity contribution in [1.82, 2.24) is 5.32 Å². The van der Waals surface area contributed by atoms with E-state index >= 15 is 0 Å². The summed E-state index contributed by atoms with van der Waals surface area (Å²) < 4.78 is 5.11. The predicted molar refractivity (Wildman–Crippen MR) is 65.9 cm³/mol. The standard InChI is InChI=1S/C13H13NO4/c1-9(15)10-5-6-12(18-2)11(8-10)4-3-7-14-13(16)17/h5-6,8,14H,7H2,1-2H3,(H,16,17). The van der Waals surface area contributed by atoms with Crippen LogP contribution in [-0.4, -0.2) is 30.6 Å². The average molecular weight is 247 g/mol. The zero-order valence-electron chi connectivity index (χ0n) is 10.1. The number of nitrogens with one attached hydrogen (secondary N) is 1. The Morgan fingerprint density at radius 3 is 2.72 bits per heavy atom. The second-order valence-corrected chi connectivity index (χ2v) is 3.43. The van der Waals surface area contributed by atoms with Crippen molar-refractivity contribution in [2.75, 3.05) is 13.7 Å². The van der Waals surface area contributed by atoms with Crippen LogP contribution in [0.15, 0.2) is 18.2 Å². The molecule has 0 aliphatic carbocycles. The third kappa shape index (κ3) is 3.83. The summed E-state index contributed by atoms with van der Waals surface area (Å²) in [7, 11) is 1.50. The minimum absolute atomic E-state index is 0.0167. The number of rotatable bonds is 3. The number of carbonyl (C=O) groups excluding carboxylic acids is 1. The van der Waals surface area contributed by atoms with Crippen LogP contribution in [0.3, 0.4) is 0 Å². The van der Waals surface area contributed by atoms with Gasteiger partial charge in [-0.2, -0.15) is 0 Å². The molecule has 0 aliphatic heterocycles. The lowest BCUT2D eigenvalue weighted by molar-refractivity contribution is 0.101. The van der Waals surface area contributed by atoms with E-state index in [9.17, 15) is 9.59 Å². The van der Waals surface area contributed by atoms with E-state index < -0.39 is 6.09 Å². The molecular weight excluding hydrogens is 234 g/mol. The molecule has 0 unspecified atom stereocenters. The van der Waals surface area contributed by atoms with Crippen molar-refractivity contribution in [2.24, 2.45) is 0 Å². The molecule has 0 bridgehead atoms. The first-order valence-corrected chi connectivity index (χ1v) is 5.19. The van der Waals surface area contributed by atoms with Gasteiger partial charge in [0.15, 0.2) is 5.78 Å². The van der Waals surface area contributed by atoms with Gasteiger partial charge in [0.25, 0.3) is 0 Å². The van der Waals surface area contributed by atoms with Gasteiger partial charge in [0.05, 0.1) is 19.2 Å². The Morgan fingerprint density at radius 2 is 2.17 bits per heavy atom. The molecule has 94 valence electrons. The summed E-state index contributed by atoms with van der Waals surface area (Å²) in [5.74, 6) is 5.88.